The van der Waals surface area contributed by atoms with Crippen molar-refractivity contribution >= 4 is 23.6 Å². The number of nitrogens with zero attached hydrogens (tertiary/aromatic N) is 3. The van der Waals surface area contributed by atoms with Crippen molar-refractivity contribution in [1.29, 1.82) is 0 Å². The van der Waals surface area contributed by atoms with Gasteiger partial charge in [-0.25, -0.2) is 4.68 Å². The van der Waals surface area contributed by atoms with Gasteiger partial charge < -0.3 is 14.6 Å². The van der Waals surface area contributed by atoms with E-state index in [-0.39, 0.29) is 17.6 Å². The Morgan fingerprint density at radius 3 is 2.58 bits per heavy atom. The number of amides is 2. The third-order valence-corrected chi connectivity index (χ3v) is 5.82. The number of rotatable bonds is 9. The van der Waals surface area contributed by atoms with E-state index in [9.17, 15) is 9.59 Å². The van der Waals surface area contributed by atoms with Crippen LogP contribution in [0.1, 0.15) is 33.9 Å². The summed E-state index contributed by atoms with van der Waals surface area (Å²) in [6.45, 7) is 4.37. The van der Waals surface area contributed by atoms with Crippen LogP contribution in [0.5, 0.6) is 0 Å². The predicted molar refractivity (Wildman–Crippen MR) is 122 cm³/mol. The highest BCUT2D eigenvalue weighted by molar-refractivity contribution is 7.98. The van der Waals surface area contributed by atoms with Crippen molar-refractivity contribution in [3.63, 3.8) is 0 Å². The number of hydrogen-bond acceptors (Lipinski definition) is 5. The maximum absolute atomic E-state index is 13.2. The molecule has 0 bridgehead atoms. The highest BCUT2D eigenvalue weighted by atomic mass is 32.2. The Hall–Kier alpha value is -3.00. The molecule has 2 heterocycles. The molecule has 1 atom stereocenters. The van der Waals surface area contributed by atoms with Gasteiger partial charge in [0.2, 0.25) is 5.91 Å². The van der Waals surface area contributed by atoms with Crippen molar-refractivity contribution in [1.82, 2.24) is 20.0 Å². The predicted octanol–water partition coefficient (Wildman–Crippen LogP) is 3.59. The molecule has 7 nitrogen and oxygen atoms in total. The van der Waals surface area contributed by atoms with Crippen molar-refractivity contribution in [2.45, 2.75) is 32.9 Å². The van der Waals surface area contributed by atoms with Crippen LogP contribution in [0.2, 0.25) is 0 Å². The number of aromatic nitrogens is 2. The Morgan fingerprint density at radius 2 is 1.94 bits per heavy atom. The monoisotopic (exact) mass is 440 g/mol. The zero-order valence-corrected chi connectivity index (χ0v) is 19.1. The van der Waals surface area contributed by atoms with Crippen LogP contribution in [0.3, 0.4) is 0 Å². The zero-order valence-electron chi connectivity index (χ0n) is 18.3. The topological polar surface area (TPSA) is 80.4 Å². The number of benzene rings is 1. The number of carbonyl (C=O) groups excluding carboxylic acids is 2. The first-order chi connectivity index (χ1) is 14.9. The van der Waals surface area contributed by atoms with E-state index in [0.717, 1.165) is 28.4 Å². The van der Waals surface area contributed by atoms with Gasteiger partial charge in [-0.1, -0.05) is 18.2 Å². The molecule has 2 amide bonds. The van der Waals surface area contributed by atoms with Crippen LogP contribution in [0.4, 0.5) is 0 Å². The summed E-state index contributed by atoms with van der Waals surface area (Å²) in [7, 11) is 1.76. The quantitative estimate of drug-likeness (QED) is 0.550. The minimum absolute atomic E-state index is 0.139. The molecule has 0 saturated heterocycles. The minimum atomic E-state index is -0.625. The van der Waals surface area contributed by atoms with Gasteiger partial charge in [0, 0.05) is 24.8 Å². The Balaban J connectivity index is 1.75. The molecule has 1 aromatic carbocycles. The fourth-order valence-corrected chi connectivity index (χ4v) is 3.91. The lowest BCUT2D eigenvalue weighted by Crippen LogP contribution is -2.47. The van der Waals surface area contributed by atoms with Gasteiger partial charge in [-0.3, -0.25) is 9.59 Å². The second-order valence-corrected chi connectivity index (χ2v) is 8.36. The average Bonchev–Trinajstić information content (AvgIpc) is 3.41. The molecule has 2 aromatic heterocycles. The number of nitrogens with one attached hydrogen (secondary N) is 1. The van der Waals surface area contributed by atoms with Crippen molar-refractivity contribution in [3.8, 4) is 5.69 Å². The van der Waals surface area contributed by atoms with Gasteiger partial charge in [0.05, 0.1) is 17.6 Å². The van der Waals surface area contributed by atoms with Gasteiger partial charge in [0.15, 0.2) is 5.76 Å². The summed E-state index contributed by atoms with van der Waals surface area (Å²) in [5.41, 5.74) is 3.84. The first kappa shape index (κ1) is 22.7. The summed E-state index contributed by atoms with van der Waals surface area (Å²) < 4.78 is 7.06. The number of para-hydroxylation sites is 1. The van der Waals surface area contributed by atoms with E-state index in [1.54, 1.807) is 35.8 Å². The molecule has 0 spiro atoms. The lowest BCUT2D eigenvalue weighted by Gasteiger charge is -2.24. The molecule has 0 radical (unpaired) electrons. The van der Waals surface area contributed by atoms with E-state index in [1.165, 1.54) is 6.26 Å². The molecule has 8 heteroatoms. The van der Waals surface area contributed by atoms with Crippen molar-refractivity contribution < 1.29 is 14.0 Å². The molecule has 0 aliphatic heterocycles. The Kier molecular flexibility index (Phi) is 7.57. The number of thioether (sulfide) groups is 1. The smallest absolute Gasteiger partial charge is 0.287 e. The highest BCUT2D eigenvalue weighted by Crippen LogP contribution is 2.20. The molecule has 3 rings (SSSR count). The van der Waals surface area contributed by atoms with E-state index < -0.39 is 6.04 Å². The maximum Gasteiger partial charge on any atom is 0.287 e. The summed E-state index contributed by atoms with van der Waals surface area (Å²) in [6, 6.07) is 12.5. The second-order valence-electron chi connectivity index (χ2n) is 7.38. The molecule has 0 aliphatic carbocycles. The third kappa shape index (κ3) is 5.38. The van der Waals surface area contributed by atoms with Crippen LogP contribution >= 0.6 is 11.8 Å². The summed E-state index contributed by atoms with van der Waals surface area (Å²) in [4.78, 5) is 27.3. The number of furan rings is 1. The van der Waals surface area contributed by atoms with Crippen LogP contribution in [0.15, 0.2) is 53.1 Å². The fraction of sp³-hybridized carbons (Fsp3) is 0.348. The lowest BCUT2D eigenvalue weighted by atomic mass is 10.1. The summed E-state index contributed by atoms with van der Waals surface area (Å²) in [5, 5.41) is 7.49. The van der Waals surface area contributed by atoms with Crippen LogP contribution < -0.4 is 5.32 Å². The average molecular weight is 441 g/mol. The van der Waals surface area contributed by atoms with Gasteiger partial charge in [0.1, 0.15) is 6.04 Å². The van der Waals surface area contributed by atoms with Gasteiger partial charge in [-0.05, 0) is 56.5 Å². The maximum atomic E-state index is 13.2. The van der Waals surface area contributed by atoms with Gasteiger partial charge in [-0.2, -0.15) is 16.9 Å². The lowest BCUT2D eigenvalue weighted by molar-refractivity contribution is -0.132. The minimum Gasteiger partial charge on any atom is -0.459 e. The summed E-state index contributed by atoms with van der Waals surface area (Å²) in [6.07, 6.45) is 3.96. The zero-order chi connectivity index (χ0) is 22.4. The molecule has 1 N–H and O–H groups in total. The van der Waals surface area contributed by atoms with Gasteiger partial charge >= 0.3 is 0 Å². The van der Waals surface area contributed by atoms with E-state index in [0.29, 0.717) is 13.0 Å². The second kappa shape index (κ2) is 10.3. The molecule has 1 unspecified atom stereocenters. The van der Waals surface area contributed by atoms with Crippen LogP contribution in [-0.2, 0) is 11.3 Å². The molecule has 31 heavy (non-hydrogen) atoms. The van der Waals surface area contributed by atoms with Crippen molar-refractivity contribution in [2.75, 3.05) is 19.1 Å². The number of carbonyl (C=O) groups is 2. The normalized spacial score (nSPS) is 11.9. The first-order valence-corrected chi connectivity index (χ1v) is 11.5. The number of hydrogen-bond donors (Lipinski definition) is 1. The SMILES string of the molecule is CSCCC(NC(=O)c1ccco1)C(=O)N(C)Cc1c(C)nn(-c2ccccc2)c1C. The molecular formula is C23H28N4O3S. The summed E-state index contributed by atoms with van der Waals surface area (Å²) >= 11 is 1.63. The number of aryl methyl sites for hydroxylation is 1. The molecule has 0 aliphatic rings. The van der Waals surface area contributed by atoms with E-state index in [1.807, 2.05) is 55.1 Å². The Labute approximate surface area is 186 Å². The van der Waals surface area contributed by atoms with Gasteiger partial charge in [0.25, 0.3) is 5.91 Å². The Morgan fingerprint density at radius 1 is 1.19 bits per heavy atom. The standard InChI is InChI=1S/C23H28N4O3S/c1-16-19(17(2)27(25-16)18-9-6-5-7-10-18)15-26(3)23(29)20(12-14-31-4)24-22(28)21-11-8-13-30-21/h5-11,13,20H,12,14-15H2,1-4H3,(H,24,28). The van der Waals surface area contributed by atoms with Crippen molar-refractivity contribution in [2.24, 2.45) is 0 Å². The Bertz CT molecular complexity index is 1020. The largest absolute Gasteiger partial charge is 0.459 e. The van der Waals surface area contributed by atoms with Gasteiger partial charge in [-0.15, -0.1) is 0 Å². The van der Waals surface area contributed by atoms with Crippen LogP contribution in [0, 0.1) is 13.8 Å². The molecule has 0 saturated carbocycles. The fourth-order valence-electron chi connectivity index (χ4n) is 3.44. The highest BCUT2D eigenvalue weighted by Gasteiger charge is 2.26. The molecule has 164 valence electrons. The molecule has 3 aromatic rings. The first-order valence-electron chi connectivity index (χ1n) is 10.1. The van der Waals surface area contributed by atoms with E-state index >= 15 is 0 Å². The van der Waals surface area contributed by atoms with E-state index in [4.69, 9.17) is 4.42 Å². The van der Waals surface area contributed by atoms with Crippen molar-refractivity contribution in [3.05, 3.63) is 71.4 Å². The summed E-state index contributed by atoms with van der Waals surface area (Å²) in [5.74, 6) is 0.426. The molecule has 0 fully saturated rings. The van der Waals surface area contributed by atoms with E-state index in [2.05, 4.69) is 10.4 Å². The van der Waals surface area contributed by atoms with Crippen LogP contribution in [0.25, 0.3) is 5.69 Å². The number of likely N-dealkylation sites (N-methyl/N-ethyl adjacent to an activating group) is 1. The molecular weight excluding hydrogens is 412 g/mol. The third-order valence-electron chi connectivity index (χ3n) is 5.17. The van der Waals surface area contributed by atoms with Crippen LogP contribution in [-0.4, -0.2) is 51.6 Å².